The zero-order chi connectivity index (χ0) is 50.6. The first kappa shape index (κ1) is 52.7. The molecule has 2 aliphatic rings. The van der Waals surface area contributed by atoms with Crippen LogP contribution in [-0.2, 0) is 49.9 Å². The van der Waals surface area contributed by atoms with Crippen molar-refractivity contribution >= 4 is 5.97 Å². The van der Waals surface area contributed by atoms with E-state index in [4.69, 9.17) is 9.47 Å². The van der Waals surface area contributed by atoms with Gasteiger partial charge in [-0.15, -0.1) is 0 Å². The van der Waals surface area contributed by atoms with Crippen LogP contribution < -0.4 is 11.0 Å². The van der Waals surface area contributed by atoms with Gasteiger partial charge in [0.05, 0.1) is 59.1 Å². The second kappa shape index (κ2) is 20.7. The van der Waals surface area contributed by atoms with Crippen molar-refractivity contribution < 1.29 is 72.1 Å². The summed E-state index contributed by atoms with van der Waals surface area (Å²) in [5.41, 5.74) is -5.94. The summed E-state index contributed by atoms with van der Waals surface area (Å²) < 4.78 is 171. The van der Waals surface area contributed by atoms with Crippen LogP contribution in [0.2, 0.25) is 0 Å². The van der Waals surface area contributed by atoms with Crippen LogP contribution >= 0.6 is 0 Å². The van der Waals surface area contributed by atoms with Gasteiger partial charge in [-0.2, -0.15) is 57.8 Å². The molecular weight excluding hydrogens is 941 g/mol. The highest BCUT2D eigenvalue weighted by atomic mass is 19.4. The number of rotatable bonds is 12. The number of hydrogen-bond acceptors (Lipinski definition) is 6. The van der Waals surface area contributed by atoms with Gasteiger partial charge in [0.2, 0.25) is 0 Å². The van der Waals surface area contributed by atoms with E-state index in [0.717, 1.165) is 11.1 Å². The molecule has 9 nitrogen and oxygen atoms in total. The largest absolute Gasteiger partial charge is 0.481 e. The third-order valence-electron chi connectivity index (χ3n) is 12.9. The van der Waals surface area contributed by atoms with Crippen molar-refractivity contribution in [1.82, 2.24) is 20.5 Å². The molecule has 69 heavy (non-hydrogen) atoms. The lowest BCUT2D eigenvalue weighted by Crippen LogP contribution is -2.51. The van der Waals surface area contributed by atoms with Crippen molar-refractivity contribution in [3.05, 3.63) is 158 Å². The maximum atomic E-state index is 13.3. The zero-order valence-electron chi connectivity index (χ0n) is 37.0. The lowest BCUT2D eigenvalue weighted by Gasteiger charge is -2.41. The number of benzene rings is 4. The van der Waals surface area contributed by atoms with Crippen LogP contribution in [0, 0.1) is 5.92 Å². The van der Waals surface area contributed by atoms with E-state index >= 15 is 0 Å². The number of ether oxygens (including phenoxy) is 2. The molecule has 374 valence electrons. The van der Waals surface area contributed by atoms with Gasteiger partial charge < -0.3 is 19.9 Å². The number of alkyl halides is 12. The fourth-order valence-electron chi connectivity index (χ4n) is 8.75. The predicted molar refractivity (Wildman–Crippen MR) is 227 cm³/mol. The fraction of sp³-hybridized carbons (Fsp3) is 0.438. The number of carbonyl (C=O) groups is 1. The predicted octanol–water partition coefficient (Wildman–Crippen LogP) is 12.3. The first-order valence-electron chi connectivity index (χ1n) is 21.7. The van der Waals surface area contributed by atoms with Gasteiger partial charge in [0, 0.05) is 17.9 Å². The number of aliphatic carboxylic acids is 1. The quantitative estimate of drug-likeness (QED) is 0.0916. The summed E-state index contributed by atoms with van der Waals surface area (Å²) in [7, 11) is 0. The number of nitrogens with one attached hydrogen (secondary N) is 3. The van der Waals surface area contributed by atoms with Crippen molar-refractivity contribution in [2.75, 3.05) is 19.8 Å². The second-order valence-corrected chi connectivity index (χ2v) is 17.5. The van der Waals surface area contributed by atoms with Crippen LogP contribution in [0.3, 0.4) is 0 Å². The Labute approximate surface area is 387 Å². The number of halogens is 12. The van der Waals surface area contributed by atoms with E-state index in [1.54, 1.807) is 0 Å². The molecule has 0 spiro atoms. The van der Waals surface area contributed by atoms with Crippen LogP contribution in [-0.4, -0.2) is 46.0 Å². The molecule has 0 bridgehead atoms. The summed E-state index contributed by atoms with van der Waals surface area (Å²) in [5, 5.41) is 19.1. The highest BCUT2D eigenvalue weighted by Gasteiger charge is 2.43. The second-order valence-electron chi connectivity index (χ2n) is 17.5. The average Bonchev–Trinajstić information content (AvgIpc) is 3.75. The minimum absolute atomic E-state index is 0.000415. The Morgan fingerprint density at radius 1 is 0.652 bits per heavy atom. The van der Waals surface area contributed by atoms with Crippen LogP contribution in [0.5, 0.6) is 0 Å². The third kappa shape index (κ3) is 13.2. The van der Waals surface area contributed by atoms with Gasteiger partial charge in [0.15, 0.2) is 0 Å². The number of nitrogens with zero attached hydrogens (tertiary/aromatic N) is 1. The topological polar surface area (TPSA) is 129 Å². The SMILES string of the molecule is C[C@@H](OCC1(c2ccccc2)CCC(C(=O)O)CC1)c1cc(C(F)(F)F)cc(C(F)(F)F)c1.C[C@@H](OC[C@@]1(c2ccccc2)CCC(c2n[nH]c(=O)[nH]2)CN1)c1cc(C(F)(F)F)cc(C(F)(F)F)c1. The van der Waals surface area contributed by atoms with Crippen LogP contribution in [0.4, 0.5) is 52.7 Å². The minimum atomic E-state index is -4.94. The summed E-state index contributed by atoms with van der Waals surface area (Å²) in [6.07, 6.45) is -18.9. The molecule has 1 saturated carbocycles. The van der Waals surface area contributed by atoms with E-state index < -0.39 is 87.7 Å². The Balaban J connectivity index is 0.000000228. The van der Waals surface area contributed by atoms with E-state index in [9.17, 15) is 67.4 Å². The molecule has 1 aliphatic heterocycles. The molecule has 2 heterocycles. The van der Waals surface area contributed by atoms with Crippen LogP contribution in [0.25, 0.3) is 0 Å². The van der Waals surface area contributed by atoms with Crippen LogP contribution in [0.15, 0.2) is 102 Å². The Morgan fingerprint density at radius 2 is 1.09 bits per heavy atom. The van der Waals surface area contributed by atoms with Gasteiger partial charge in [-0.3, -0.25) is 9.78 Å². The maximum absolute atomic E-state index is 13.3. The van der Waals surface area contributed by atoms with Crippen molar-refractivity contribution in [2.45, 2.75) is 106 Å². The number of aromatic amines is 2. The number of carboxylic acid groups (broad SMARTS) is 1. The minimum Gasteiger partial charge on any atom is -0.481 e. The van der Waals surface area contributed by atoms with Crippen molar-refractivity contribution in [3.8, 4) is 0 Å². The van der Waals surface area contributed by atoms with Gasteiger partial charge in [-0.05, 0) is 111 Å². The maximum Gasteiger partial charge on any atom is 0.416 e. The smallest absolute Gasteiger partial charge is 0.416 e. The Hall–Kier alpha value is -5.67. The highest BCUT2D eigenvalue weighted by molar-refractivity contribution is 5.70. The summed E-state index contributed by atoms with van der Waals surface area (Å²) in [5.74, 6) is -0.949. The molecule has 4 N–H and O–H groups in total. The lowest BCUT2D eigenvalue weighted by atomic mass is 9.67. The molecular formula is C48H48F12N4O5. The Bertz CT molecular complexity index is 2480. The highest BCUT2D eigenvalue weighted by Crippen LogP contribution is 2.45. The molecule has 4 aromatic carbocycles. The number of H-pyrrole nitrogens is 2. The van der Waals surface area contributed by atoms with Gasteiger partial charge >= 0.3 is 36.4 Å². The zero-order valence-corrected chi connectivity index (χ0v) is 37.0. The average molecular weight is 989 g/mol. The molecule has 1 saturated heterocycles. The van der Waals surface area contributed by atoms with Crippen molar-refractivity contribution in [2.24, 2.45) is 5.92 Å². The van der Waals surface area contributed by atoms with E-state index in [2.05, 4.69) is 20.5 Å². The third-order valence-corrected chi connectivity index (χ3v) is 12.9. The first-order valence-corrected chi connectivity index (χ1v) is 21.7. The molecule has 0 radical (unpaired) electrons. The van der Waals surface area contributed by atoms with Crippen molar-refractivity contribution in [1.29, 1.82) is 0 Å². The van der Waals surface area contributed by atoms with Crippen LogP contribution in [0.1, 0.15) is 121 Å². The van der Waals surface area contributed by atoms with E-state index in [-0.39, 0.29) is 42.4 Å². The van der Waals surface area contributed by atoms with Gasteiger partial charge in [-0.25, -0.2) is 9.89 Å². The van der Waals surface area contributed by atoms with Gasteiger partial charge in [0.1, 0.15) is 5.82 Å². The fourth-order valence-corrected chi connectivity index (χ4v) is 8.75. The first-order chi connectivity index (χ1) is 32.2. The van der Waals surface area contributed by atoms with Gasteiger partial charge in [-0.1, -0.05) is 60.7 Å². The van der Waals surface area contributed by atoms with Crippen molar-refractivity contribution in [3.63, 3.8) is 0 Å². The summed E-state index contributed by atoms with van der Waals surface area (Å²) in [6, 6.07) is 21.4. The molecule has 4 atom stereocenters. The number of piperidine rings is 1. The molecule has 7 rings (SSSR count). The molecule has 1 aromatic heterocycles. The van der Waals surface area contributed by atoms with E-state index in [1.807, 2.05) is 60.7 Å². The normalized spacial score (nSPS) is 22.3. The summed E-state index contributed by atoms with van der Waals surface area (Å²) in [6.45, 7) is 3.31. The van der Waals surface area contributed by atoms with E-state index in [0.29, 0.717) is 75.2 Å². The number of aromatic nitrogens is 3. The summed E-state index contributed by atoms with van der Waals surface area (Å²) >= 11 is 0. The molecule has 0 amide bonds. The number of hydrogen-bond donors (Lipinski definition) is 4. The monoisotopic (exact) mass is 988 g/mol. The molecule has 2 fully saturated rings. The van der Waals surface area contributed by atoms with E-state index in [1.165, 1.54) is 13.8 Å². The molecule has 1 unspecified atom stereocenters. The Kier molecular flexibility index (Phi) is 15.8. The van der Waals surface area contributed by atoms with Gasteiger partial charge in [0.25, 0.3) is 0 Å². The number of carboxylic acids is 1. The molecule has 5 aromatic rings. The standard InChI is InChI=1S/C24H24F6N4O2.C24H24F6O3/c1-14(16-9-18(23(25,26)27)11-19(10-16)24(28,29)30)36-13-22(17-5-3-2-4-6-17)8-7-15(12-31-22)20-32-21(35)34-33-20;1-15(17-11-19(23(25,26)27)13-20(12-17)24(28,29)30)33-14-22(18-5-3-2-4-6-18)9-7-16(8-10-22)21(31)32/h2-6,9-11,14-15,31H,7-8,12-13H2,1H3,(H2,32,33,34,35);2-6,11-13,15-16H,7-10,14H2,1H3,(H,31,32)/t14-,15?,22-;15-,16?,22?/m11/s1. The molecule has 1 aliphatic carbocycles. The summed E-state index contributed by atoms with van der Waals surface area (Å²) in [4.78, 5) is 25.4. The lowest BCUT2D eigenvalue weighted by molar-refractivity contribution is -0.145. The Morgan fingerprint density at radius 3 is 1.46 bits per heavy atom. The molecule has 21 heteroatoms.